The maximum Gasteiger partial charge on any atom is 0.245 e. The number of nitrogens with zero attached hydrogens (tertiary/aromatic N) is 2. The first kappa shape index (κ1) is 27.7. The largest absolute Gasteiger partial charge is 0.339 e. The lowest BCUT2D eigenvalue weighted by molar-refractivity contribution is -0.134. The quantitative estimate of drug-likeness (QED) is 0.192. The number of halogens is 1. The minimum absolute atomic E-state index is 0.0290. The number of fused-ring (bicyclic) bond motifs is 1. The first-order chi connectivity index (χ1) is 18.3. The first-order valence-electron chi connectivity index (χ1n) is 13.1. The zero-order valence-electron chi connectivity index (χ0n) is 21.7. The summed E-state index contributed by atoms with van der Waals surface area (Å²) < 4.78 is 2.70. The first-order valence-corrected chi connectivity index (χ1v) is 13.9. The maximum atomic E-state index is 13.2. The van der Waals surface area contributed by atoms with Gasteiger partial charge in [0.1, 0.15) is 5.78 Å². The summed E-state index contributed by atoms with van der Waals surface area (Å²) in [5, 5.41) is 0.798. The highest BCUT2D eigenvalue weighted by Gasteiger charge is 2.31. The van der Waals surface area contributed by atoms with Crippen molar-refractivity contribution in [2.24, 2.45) is 5.92 Å². The van der Waals surface area contributed by atoms with Crippen LogP contribution in [0.1, 0.15) is 54.1 Å². The van der Waals surface area contributed by atoms with E-state index in [1.165, 1.54) is 11.6 Å². The predicted molar refractivity (Wildman–Crippen MR) is 152 cm³/mol. The van der Waals surface area contributed by atoms with Crippen LogP contribution >= 0.6 is 15.9 Å². The molecular weight excluding hydrogens is 544 g/mol. The molecule has 0 radical (unpaired) electrons. The SMILES string of the molecule is C=CC(=O)N1CC(CC(=O)Cn2cc(C(=O)CCCC(=O)Cc3ccccc3CC)c3cc(Br)ccc32)C1. The van der Waals surface area contributed by atoms with Gasteiger partial charge in [0.15, 0.2) is 11.6 Å². The van der Waals surface area contributed by atoms with E-state index in [1.807, 2.05) is 41.0 Å². The summed E-state index contributed by atoms with van der Waals surface area (Å²) in [6.45, 7) is 6.90. The molecule has 0 unspecified atom stereocenters. The van der Waals surface area contributed by atoms with Gasteiger partial charge in [0, 0.05) is 71.8 Å². The fraction of sp³-hybridized carbons (Fsp3) is 0.355. The predicted octanol–water partition coefficient (Wildman–Crippen LogP) is 5.73. The van der Waals surface area contributed by atoms with Crippen molar-refractivity contribution in [3.8, 4) is 0 Å². The van der Waals surface area contributed by atoms with Crippen molar-refractivity contribution in [3.63, 3.8) is 0 Å². The Morgan fingerprint density at radius 3 is 2.47 bits per heavy atom. The summed E-state index contributed by atoms with van der Waals surface area (Å²) in [5.41, 5.74) is 3.65. The number of ketones is 3. The summed E-state index contributed by atoms with van der Waals surface area (Å²) in [6, 6.07) is 13.7. The molecule has 1 amide bonds. The van der Waals surface area contributed by atoms with Crippen molar-refractivity contribution >= 4 is 50.1 Å². The van der Waals surface area contributed by atoms with Crippen molar-refractivity contribution < 1.29 is 19.2 Å². The van der Waals surface area contributed by atoms with Gasteiger partial charge in [-0.3, -0.25) is 19.2 Å². The normalized spacial score (nSPS) is 13.4. The van der Waals surface area contributed by atoms with Gasteiger partial charge in [-0.1, -0.05) is 53.7 Å². The van der Waals surface area contributed by atoms with Crippen molar-refractivity contribution in [2.75, 3.05) is 13.1 Å². The number of benzene rings is 2. The van der Waals surface area contributed by atoms with Crippen LogP contribution in [0.15, 0.2) is 65.8 Å². The van der Waals surface area contributed by atoms with E-state index in [0.29, 0.717) is 44.3 Å². The minimum Gasteiger partial charge on any atom is -0.339 e. The number of hydrogen-bond acceptors (Lipinski definition) is 4. The molecule has 1 aliphatic heterocycles. The maximum absolute atomic E-state index is 13.2. The summed E-state index contributed by atoms with van der Waals surface area (Å²) in [7, 11) is 0. The number of likely N-dealkylation sites (tertiary alicyclic amines) is 1. The number of carbonyl (C=O) groups is 4. The van der Waals surface area contributed by atoms with E-state index in [-0.39, 0.29) is 42.1 Å². The molecule has 0 aliphatic carbocycles. The van der Waals surface area contributed by atoms with E-state index in [1.54, 1.807) is 11.1 Å². The monoisotopic (exact) mass is 576 g/mol. The second-order valence-electron chi connectivity index (χ2n) is 10.0. The van der Waals surface area contributed by atoms with Crippen LogP contribution in [0.5, 0.6) is 0 Å². The highest BCUT2D eigenvalue weighted by molar-refractivity contribution is 9.10. The highest BCUT2D eigenvalue weighted by Crippen LogP contribution is 2.28. The number of Topliss-reactive ketones (excluding diaryl/α,β-unsaturated/α-hetero) is 3. The Balaban J connectivity index is 1.37. The summed E-state index contributed by atoms with van der Waals surface area (Å²) in [4.78, 5) is 51.9. The molecule has 1 fully saturated rings. The molecule has 2 aromatic carbocycles. The van der Waals surface area contributed by atoms with Crippen LogP contribution < -0.4 is 0 Å². The molecule has 198 valence electrons. The number of amides is 1. The van der Waals surface area contributed by atoms with Crippen molar-refractivity contribution in [1.29, 1.82) is 0 Å². The molecule has 3 aromatic rings. The van der Waals surface area contributed by atoms with Gasteiger partial charge in [0.25, 0.3) is 0 Å². The lowest BCUT2D eigenvalue weighted by Crippen LogP contribution is -2.50. The van der Waals surface area contributed by atoms with E-state index in [4.69, 9.17) is 0 Å². The zero-order chi connectivity index (χ0) is 27.2. The zero-order valence-corrected chi connectivity index (χ0v) is 23.3. The van der Waals surface area contributed by atoms with Crippen LogP contribution in [0.3, 0.4) is 0 Å². The van der Waals surface area contributed by atoms with Crippen molar-refractivity contribution in [3.05, 3.63) is 82.5 Å². The molecule has 6 nitrogen and oxygen atoms in total. The highest BCUT2D eigenvalue weighted by atomic mass is 79.9. The Morgan fingerprint density at radius 2 is 1.76 bits per heavy atom. The molecule has 7 heteroatoms. The number of hydrogen-bond donors (Lipinski definition) is 0. The average molecular weight is 578 g/mol. The van der Waals surface area contributed by atoms with Crippen LogP contribution in [-0.2, 0) is 33.8 Å². The summed E-state index contributed by atoms with van der Waals surface area (Å²) in [5.74, 6) is 0.228. The van der Waals surface area contributed by atoms with Crippen molar-refractivity contribution in [1.82, 2.24) is 9.47 Å². The Morgan fingerprint density at radius 1 is 1.03 bits per heavy atom. The standard InChI is InChI=1S/C31H33BrN2O4/c1-3-22-8-5-6-9-23(22)15-25(35)10-7-11-30(37)28-20-33(29-13-12-24(32)16-27(28)29)19-26(36)14-21-17-34(18-21)31(38)4-2/h4-6,8-9,12-13,16,20-21H,2-3,7,10-11,14-15,17-19H2,1H3. The second kappa shape index (κ2) is 12.5. The van der Waals surface area contributed by atoms with Crippen LogP contribution in [0.25, 0.3) is 10.9 Å². The van der Waals surface area contributed by atoms with E-state index in [2.05, 4.69) is 35.5 Å². The third-order valence-corrected chi connectivity index (χ3v) is 7.69. The Labute approximate surface area is 231 Å². The van der Waals surface area contributed by atoms with E-state index in [9.17, 15) is 19.2 Å². The van der Waals surface area contributed by atoms with Gasteiger partial charge in [-0.2, -0.15) is 0 Å². The fourth-order valence-electron chi connectivity index (χ4n) is 5.16. The van der Waals surface area contributed by atoms with Crippen LogP contribution in [0.4, 0.5) is 0 Å². The van der Waals surface area contributed by atoms with Crippen LogP contribution in [0, 0.1) is 5.92 Å². The molecule has 38 heavy (non-hydrogen) atoms. The Kier molecular flexibility index (Phi) is 9.10. The van der Waals surface area contributed by atoms with E-state index >= 15 is 0 Å². The molecule has 0 N–H and O–H groups in total. The number of aryl methyl sites for hydroxylation is 1. The van der Waals surface area contributed by atoms with Gasteiger partial charge in [0.2, 0.25) is 5.91 Å². The topological polar surface area (TPSA) is 76.5 Å². The van der Waals surface area contributed by atoms with Gasteiger partial charge >= 0.3 is 0 Å². The van der Waals surface area contributed by atoms with Gasteiger partial charge in [-0.15, -0.1) is 0 Å². The number of rotatable bonds is 13. The number of aromatic nitrogens is 1. The lowest BCUT2D eigenvalue weighted by atomic mass is 9.94. The number of carbonyl (C=O) groups excluding carboxylic acids is 4. The average Bonchev–Trinajstić information content (AvgIpc) is 3.22. The van der Waals surface area contributed by atoms with Gasteiger partial charge < -0.3 is 9.47 Å². The van der Waals surface area contributed by atoms with Gasteiger partial charge in [0.05, 0.1) is 6.54 Å². The van der Waals surface area contributed by atoms with E-state index < -0.39 is 0 Å². The molecule has 1 aromatic heterocycles. The molecule has 4 rings (SSSR count). The van der Waals surface area contributed by atoms with Gasteiger partial charge in [-0.25, -0.2) is 0 Å². The Hall–Kier alpha value is -3.32. The van der Waals surface area contributed by atoms with Crippen LogP contribution in [0.2, 0.25) is 0 Å². The third kappa shape index (κ3) is 6.57. The fourth-order valence-corrected chi connectivity index (χ4v) is 5.52. The molecule has 0 spiro atoms. The molecular formula is C31H33BrN2O4. The molecule has 1 aliphatic rings. The Bertz CT molecular complexity index is 1380. The lowest BCUT2D eigenvalue weighted by Gasteiger charge is -2.38. The van der Waals surface area contributed by atoms with Gasteiger partial charge in [-0.05, 0) is 48.2 Å². The van der Waals surface area contributed by atoms with E-state index in [0.717, 1.165) is 27.4 Å². The molecule has 0 saturated carbocycles. The van der Waals surface area contributed by atoms with Crippen LogP contribution in [-0.4, -0.2) is 45.8 Å². The van der Waals surface area contributed by atoms with Crippen molar-refractivity contribution in [2.45, 2.75) is 52.0 Å². The minimum atomic E-state index is -0.105. The summed E-state index contributed by atoms with van der Waals surface area (Å²) in [6.07, 6.45) is 5.86. The smallest absolute Gasteiger partial charge is 0.245 e. The molecule has 1 saturated heterocycles. The molecule has 0 atom stereocenters. The summed E-state index contributed by atoms with van der Waals surface area (Å²) >= 11 is 3.49. The second-order valence-corrected chi connectivity index (χ2v) is 10.9. The molecule has 2 heterocycles. The molecule has 0 bridgehead atoms. The third-order valence-electron chi connectivity index (χ3n) is 7.20.